The molecule has 0 saturated carbocycles. The number of rotatable bonds is 15. The molecular formula is C31H37N3O5. The van der Waals surface area contributed by atoms with Crippen LogP contribution in [0.15, 0.2) is 66.7 Å². The Morgan fingerprint density at radius 2 is 1.56 bits per heavy atom. The zero-order chi connectivity index (χ0) is 27.5. The molecule has 0 saturated heterocycles. The number of methoxy groups -OCH3 is 3. The number of amides is 1. The van der Waals surface area contributed by atoms with Crippen molar-refractivity contribution in [3.63, 3.8) is 0 Å². The van der Waals surface area contributed by atoms with Crippen molar-refractivity contribution in [3.05, 3.63) is 78.1 Å². The number of benzene rings is 3. The Morgan fingerprint density at radius 1 is 0.846 bits per heavy atom. The molecule has 4 aromatic rings. The summed E-state index contributed by atoms with van der Waals surface area (Å²) in [5.74, 6) is 3.19. The molecule has 0 bridgehead atoms. The number of ether oxygens (including phenoxy) is 4. The molecule has 1 heterocycles. The summed E-state index contributed by atoms with van der Waals surface area (Å²) in [5.41, 5.74) is 2.65. The molecule has 1 N–H and O–H groups in total. The highest BCUT2D eigenvalue weighted by Crippen LogP contribution is 2.38. The van der Waals surface area contributed by atoms with Crippen molar-refractivity contribution in [1.82, 2.24) is 14.9 Å². The molecule has 0 atom stereocenters. The minimum Gasteiger partial charge on any atom is -0.494 e. The van der Waals surface area contributed by atoms with E-state index in [2.05, 4.69) is 28.1 Å². The summed E-state index contributed by atoms with van der Waals surface area (Å²) >= 11 is 0. The van der Waals surface area contributed by atoms with E-state index in [9.17, 15) is 4.79 Å². The minimum absolute atomic E-state index is 0.172. The summed E-state index contributed by atoms with van der Waals surface area (Å²) < 4.78 is 24.2. The van der Waals surface area contributed by atoms with Crippen LogP contribution in [-0.4, -0.2) is 49.9 Å². The Kier molecular flexibility index (Phi) is 10.1. The summed E-state index contributed by atoms with van der Waals surface area (Å²) in [6.07, 6.45) is 4.63. The molecule has 8 nitrogen and oxygen atoms in total. The van der Waals surface area contributed by atoms with Crippen molar-refractivity contribution in [2.75, 3.05) is 34.5 Å². The molecule has 0 aliphatic rings. The SMILES string of the molecule is COc1cc(C(=O)NCCCCCc2nc3ccccc3n2CCCOc2ccccc2)cc(OC)c1OC. The Labute approximate surface area is 229 Å². The molecule has 8 heteroatoms. The van der Waals surface area contributed by atoms with Gasteiger partial charge in [-0.25, -0.2) is 4.98 Å². The van der Waals surface area contributed by atoms with E-state index in [4.69, 9.17) is 23.9 Å². The maximum atomic E-state index is 12.7. The van der Waals surface area contributed by atoms with Crippen LogP contribution in [0.1, 0.15) is 41.9 Å². The number of para-hydroxylation sites is 3. The van der Waals surface area contributed by atoms with Crippen molar-refractivity contribution in [2.24, 2.45) is 0 Å². The Hall–Kier alpha value is -4.20. The van der Waals surface area contributed by atoms with Crippen molar-refractivity contribution in [3.8, 4) is 23.0 Å². The van der Waals surface area contributed by atoms with Gasteiger partial charge in [0, 0.05) is 25.1 Å². The molecule has 0 aliphatic carbocycles. The van der Waals surface area contributed by atoms with Crippen LogP contribution in [0.3, 0.4) is 0 Å². The van der Waals surface area contributed by atoms with E-state index >= 15 is 0 Å². The van der Waals surface area contributed by atoms with Gasteiger partial charge in [-0.1, -0.05) is 36.8 Å². The first-order chi connectivity index (χ1) is 19.1. The topological polar surface area (TPSA) is 83.8 Å². The summed E-state index contributed by atoms with van der Waals surface area (Å²) in [6, 6.07) is 21.5. The van der Waals surface area contributed by atoms with Gasteiger partial charge in [0.2, 0.25) is 5.75 Å². The largest absolute Gasteiger partial charge is 0.494 e. The van der Waals surface area contributed by atoms with Gasteiger partial charge in [0.15, 0.2) is 11.5 Å². The summed E-state index contributed by atoms with van der Waals surface area (Å²) in [5, 5.41) is 2.99. The number of unbranched alkanes of at least 4 members (excludes halogenated alkanes) is 2. The smallest absolute Gasteiger partial charge is 0.251 e. The fraction of sp³-hybridized carbons (Fsp3) is 0.355. The van der Waals surface area contributed by atoms with Crippen molar-refractivity contribution in [2.45, 2.75) is 38.6 Å². The van der Waals surface area contributed by atoms with Crippen molar-refractivity contribution in [1.29, 1.82) is 0 Å². The highest BCUT2D eigenvalue weighted by Gasteiger charge is 2.17. The van der Waals surface area contributed by atoms with Crippen LogP contribution in [0.25, 0.3) is 11.0 Å². The number of hydrogen-bond acceptors (Lipinski definition) is 6. The lowest BCUT2D eigenvalue weighted by molar-refractivity contribution is 0.0952. The maximum absolute atomic E-state index is 12.7. The number of carbonyl (C=O) groups excluding carboxylic acids is 1. The zero-order valence-corrected chi connectivity index (χ0v) is 22.9. The van der Waals surface area contributed by atoms with E-state index in [0.717, 1.165) is 61.3 Å². The maximum Gasteiger partial charge on any atom is 0.251 e. The number of imidazole rings is 1. The first kappa shape index (κ1) is 27.8. The lowest BCUT2D eigenvalue weighted by Crippen LogP contribution is -2.24. The zero-order valence-electron chi connectivity index (χ0n) is 22.9. The fourth-order valence-electron chi connectivity index (χ4n) is 4.60. The number of aryl methyl sites for hydroxylation is 2. The second-order valence-electron chi connectivity index (χ2n) is 9.16. The number of carbonyl (C=O) groups is 1. The van der Waals surface area contributed by atoms with Crippen LogP contribution < -0.4 is 24.3 Å². The normalized spacial score (nSPS) is 10.8. The summed E-state index contributed by atoms with van der Waals surface area (Å²) in [7, 11) is 4.60. The van der Waals surface area contributed by atoms with Crippen molar-refractivity contribution >= 4 is 16.9 Å². The molecule has 0 aliphatic heterocycles. The molecule has 1 amide bonds. The number of nitrogens with zero attached hydrogens (tertiary/aromatic N) is 2. The van der Waals surface area contributed by atoms with Crippen molar-refractivity contribution < 1.29 is 23.7 Å². The first-order valence-electron chi connectivity index (χ1n) is 13.3. The second kappa shape index (κ2) is 14.1. The van der Waals surface area contributed by atoms with Gasteiger partial charge in [0.05, 0.1) is 39.0 Å². The van der Waals surface area contributed by atoms with Gasteiger partial charge in [-0.15, -0.1) is 0 Å². The van der Waals surface area contributed by atoms with E-state index < -0.39 is 0 Å². The van der Waals surface area contributed by atoms with E-state index in [1.165, 1.54) is 21.3 Å². The standard InChI is InChI=1S/C31H37N3O5/c1-36-27-21-23(22-28(37-2)30(27)38-3)31(35)32-18-11-5-8-17-29-33-25-15-9-10-16-26(25)34(29)19-12-20-39-24-13-6-4-7-14-24/h4,6-7,9-10,13-16,21-22H,5,8,11-12,17-20H2,1-3H3,(H,32,35). The number of fused-ring (bicyclic) bond motifs is 1. The van der Waals surface area contributed by atoms with Gasteiger partial charge in [-0.05, 0) is 55.7 Å². The molecule has 1 aromatic heterocycles. The monoisotopic (exact) mass is 531 g/mol. The molecule has 206 valence electrons. The van der Waals surface area contributed by atoms with Gasteiger partial charge in [-0.3, -0.25) is 4.79 Å². The highest BCUT2D eigenvalue weighted by molar-refractivity contribution is 5.95. The molecule has 0 unspecified atom stereocenters. The lowest BCUT2D eigenvalue weighted by Gasteiger charge is -2.14. The predicted molar refractivity (Wildman–Crippen MR) is 152 cm³/mol. The van der Waals surface area contributed by atoms with Gasteiger partial charge >= 0.3 is 0 Å². The molecule has 4 rings (SSSR count). The van der Waals surface area contributed by atoms with Gasteiger partial charge in [0.1, 0.15) is 11.6 Å². The molecule has 0 spiro atoms. The van der Waals surface area contributed by atoms with E-state index in [0.29, 0.717) is 36.0 Å². The number of hydrogen-bond donors (Lipinski definition) is 1. The average Bonchev–Trinajstić information content (AvgIpc) is 3.33. The third kappa shape index (κ3) is 7.22. The Morgan fingerprint density at radius 3 is 2.28 bits per heavy atom. The van der Waals surface area contributed by atoms with Crippen LogP contribution in [0.5, 0.6) is 23.0 Å². The van der Waals surface area contributed by atoms with Crippen LogP contribution in [0.4, 0.5) is 0 Å². The third-order valence-electron chi connectivity index (χ3n) is 6.56. The molecule has 39 heavy (non-hydrogen) atoms. The number of nitrogens with one attached hydrogen (secondary N) is 1. The van der Waals surface area contributed by atoms with Crippen LogP contribution >= 0.6 is 0 Å². The van der Waals surface area contributed by atoms with Gasteiger partial charge in [-0.2, -0.15) is 0 Å². The Bertz CT molecular complexity index is 1330. The molecule has 3 aromatic carbocycles. The molecule has 0 fully saturated rings. The average molecular weight is 532 g/mol. The van der Waals surface area contributed by atoms with Crippen LogP contribution in [0.2, 0.25) is 0 Å². The summed E-state index contributed by atoms with van der Waals surface area (Å²) in [6.45, 7) is 2.10. The van der Waals surface area contributed by atoms with E-state index in [1.807, 2.05) is 36.4 Å². The lowest BCUT2D eigenvalue weighted by atomic mass is 10.1. The Balaban J connectivity index is 1.25. The predicted octanol–water partition coefficient (Wildman–Crippen LogP) is 5.67. The van der Waals surface area contributed by atoms with Crippen LogP contribution in [0, 0.1) is 0 Å². The van der Waals surface area contributed by atoms with E-state index in [1.54, 1.807) is 12.1 Å². The first-order valence-corrected chi connectivity index (χ1v) is 13.3. The van der Waals surface area contributed by atoms with E-state index in [-0.39, 0.29) is 5.91 Å². The molecular weight excluding hydrogens is 494 g/mol. The third-order valence-corrected chi connectivity index (χ3v) is 6.56. The second-order valence-corrected chi connectivity index (χ2v) is 9.16. The fourth-order valence-corrected chi connectivity index (χ4v) is 4.60. The number of aromatic nitrogens is 2. The minimum atomic E-state index is -0.172. The van der Waals surface area contributed by atoms with Gasteiger partial charge in [0.25, 0.3) is 5.91 Å². The summed E-state index contributed by atoms with van der Waals surface area (Å²) in [4.78, 5) is 17.6. The molecule has 0 radical (unpaired) electrons. The van der Waals surface area contributed by atoms with Crippen LogP contribution in [-0.2, 0) is 13.0 Å². The highest BCUT2D eigenvalue weighted by atomic mass is 16.5. The quantitative estimate of drug-likeness (QED) is 0.199. The van der Waals surface area contributed by atoms with Gasteiger partial charge < -0.3 is 28.8 Å².